The molecule has 1 aromatic heterocycles. The van der Waals surface area contributed by atoms with Crippen LogP contribution >= 0.6 is 34.8 Å². The first-order chi connectivity index (χ1) is 13.6. The fourth-order valence-electron chi connectivity index (χ4n) is 3.32. The Balaban J connectivity index is 1.77. The van der Waals surface area contributed by atoms with Gasteiger partial charge in [0.1, 0.15) is 5.02 Å². The highest BCUT2D eigenvalue weighted by atomic mass is 35.5. The second-order valence-corrected chi connectivity index (χ2v) is 8.18. The van der Waals surface area contributed by atoms with Crippen LogP contribution in [0.1, 0.15) is 29.9 Å². The van der Waals surface area contributed by atoms with Gasteiger partial charge in [0.25, 0.3) is 0 Å². The molecule has 0 fully saturated rings. The number of esters is 1. The van der Waals surface area contributed by atoms with Crippen molar-refractivity contribution < 1.29 is 14.3 Å². The number of pyridine rings is 1. The third-order valence-electron chi connectivity index (χ3n) is 4.85. The third-order valence-corrected chi connectivity index (χ3v) is 5.98. The number of halogens is 3. The molecule has 6 nitrogen and oxygen atoms in total. The van der Waals surface area contributed by atoms with Gasteiger partial charge in [0.15, 0.2) is 23.2 Å². The van der Waals surface area contributed by atoms with E-state index >= 15 is 0 Å². The van der Waals surface area contributed by atoms with Gasteiger partial charge in [-0.05, 0) is 11.6 Å². The van der Waals surface area contributed by atoms with Crippen molar-refractivity contribution in [3.63, 3.8) is 0 Å². The summed E-state index contributed by atoms with van der Waals surface area (Å²) in [7, 11) is 1.89. The van der Waals surface area contributed by atoms with E-state index in [0.29, 0.717) is 0 Å². The first kappa shape index (κ1) is 21.4. The molecule has 0 aliphatic carbocycles. The number of carbonyl (C=O) groups excluding carboxylic acids is 2. The van der Waals surface area contributed by atoms with Crippen LogP contribution in [0.2, 0.25) is 15.2 Å². The Bertz CT molecular complexity index is 1050. The molecule has 0 atom stereocenters. The van der Waals surface area contributed by atoms with E-state index in [9.17, 15) is 9.59 Å². The molecule has 0 amide bonds. The second kappa shape index (κ2) is 7.86. The van der Waals surface area contributed by atoms with E-state index in [1.807, 2.05) is 50.1 Å². The Labute approximate surface area is 183 Å². The van der Waals surface area contributed by atoms with E-state index in [1.54, 1.807) is 0 Å². The van der Waals surface area contributed by atoms with Crippen LogP contribution in [0.3, 0.4) is 0 Å². The largest absolute Gasteiger partial charge is 0.453 e. The standard InChI is InChI=1S/C20H18Cl3N3O3/c1-20(2)11-6-4-5-7-12(11)26(3)13(20)8-10(27)9-29-19(28)17-14(21)16(24)15(22)18(23)25-17/h4-8H,9H2,1-3H3,(H2,24,25)/b13-8-. The molecule has 0 unspecified atom stereocenters. The van der Waals surface area contributed by atoms with Crippen molar-refractivity contribution >= 4 is 57.9 Å². The zero-order valence-electron chi connectivity index (χ0n) is 15.9. The lowest BCUT2D eigenvalue weighted by Gasteiger charge is -2.23. The SMILES string of the molecule is CN1/C(=C\C(=O)COC(=O)c2nc(Cl)c(Cl)c(N)c2Cl)C(C)(C)c2ccccc21. The third kappa shape index (κ3) is 3.80. The molecule has 1 aliphatic heterocycles. The molecule has 0 radical (unpaired) electrons. The molecule has 1 aromatic carbocycles. The summed E-state index contributed by atoms with van der Waals surface area (Å²) in [6.07, 6.45) is 1.48. The Morgan fingerprint density at radius 3 is 2.52 bits per heavy atom. The minimum Gasteiger partial charge on any atom is -0.453 e. The number of para-hydroxylation sites is 1. The van der Waals surface area contributed by atoms with Gasteiger partial charge in [-0.1, -0.05) is 66.8 Å². The number of aromatic nitrogens is 1. The average Bonchev–Trinajstić information content (AvgIpc) is 2.88. The lowest BCUT2D eigenvalue weighted by molar-refractivity contribution is -0.117. The number of fused-ring (bicyclic) bond motifs is 1. The monoisotopic (exact) mass is 453 g/mol. The quantitative estimate of drug-likeness (QED) is 0.411. The fraction of sp³-hybridized carbons (Fsp3) is 0.250. The number of hydrogen-bond acceptors (Lipinski definition) is 6. The summed E-state index contributed by atoms with van der Waals surface area (Å²) in [4.78, 5) is 30.5. The van der Waals surface area contributed by atoms with E-state index < -0.39 is 12.6 Å². The number of nitrogens with zero attached hydrogens (tertiary/aromatic N) is 2. The normalized spacial score (nSPS) is 16.1. The fourth-order valence-corrected chi connectivity index (χ4v) is 3.91. The number of ether oxygens (including phenoxy) is 1. The van der Waals surface area contributed by atoms with Crippen LogP contribution in [0, 0.1) is 0 Å². The summed E-state index contributed by atoms with van der Waals surface area (Å²) in [6.45, 7) is 3.58. The summed E-state index contributed by atoms with van der Waals surface area (Å²) < 4.78 is 5.06. The van der Waals surface area contributed by atoms with Crippen molar-refractivity contribution in [2.24, 2.45) is 0 Å². The van der Waals surface area contributed by atoms with Gasteiger partial charge in [0, 0.05) is 29.9 Å². The number of hydrogen-bond donors (Lipinski definition) is 1. The van der Waals surface area contributed by atoms with Gasteiger partial charge in [-0.15, -0.1) is 0 Å². The van der Waals surface area contributed by atoms with Crippen molar-refractivity contribution in [1.82, 2.24) is 4.98 Å². The Morgan fingerprint density at radius 2 is 1.86 bits per heavy atom. The van der Waals surface area contributed by atoms with Crippen molar-refractivity contribution in [2.75, 3.05) is 24.3 Å². The number of nitrogens with two attached hydrogens (primary N) is 1. The first-order valence-corrected chi connectivity index (χ1v) is 9.74. The van der Waals surface area contributed by atoms with Gasteiger partial charge in [0.2, 0.25) is 0 Å². The van der Waals surface area contributed by atoms with Crippen molar-refractivity contribution in [2.45, 2.75) is 19.3 Å². The second-order valence-electron chi connectivity index (χ2n) is 7.07. The molecule has 2 N–H and O–H groups in total. The highest BCUT2D eigenvalue weighted by molar-refractivity contribution is 6.46. The molecular weight excluding hydrogens is 437 g/mol. The first-order valence-electron chi connectivity index (χ1n) is 8.61. The Hall–Kier alpha value is -2.28. The molecular formula is C20H18Cl3N3O3. The number of likely N-dealkylation sites (N-methyl/N-ethyl adjacent to an activating group) is 1. The molecule has 152 valence electrons. The minimum atomic E-state index is -0.922. The number of anilines is 2. The zero-order valence-corrected chi connectivity index (χ0v) is 18.2. The van der Waals surface area contributed by atoms with Crippen LogP contribution in [-0.2, 0) is 14.9 Å². The maximum Gasteiger partial charge on any atom is 0.359 e. The topological polar surface area (TPSA) is 85.5 Å². The van der Waals surface area contributed by atoms with Crippen molar-refractivity contribution in [3.05, 3.63) is 62.5 Å². The molecule has 2 aromatic rings. The van der Waals surface area contributed by atoms with E-state index in [2.05, 4.69) is 4.98 Å². The van der Waals surface area contributed by atoms with Crippen LogP contribution in [0.4, 0.5) is 11.4 Å². The van der Waals surface area contributed by atoms with E-state index in [4.69, 9.17) is 45.3 Å². The molecule has 29 heavy (non-hydrogen) atoms. The van der Waals surface area contributed by atoms with Crippen LogP contribution in [0.25, 0.3) is 0 Å². The molecule has 3 rings (SSSR count). The number of ketones is 1. The molecule has 1 aliphatic rings. The van der Waals surface area contributed by atoms with Gasteiger partial charge in [-0.25, -0.2) is 9.78 Å². The van der Waals surface area contributed by atoms with Gasteiger partial charge < -0.3 is 15.4 Å². The van der Waals surface area contributed by atoms with Gasteiger partial charge in [-0.2, -0.15) is 0 Å². The number of allylic oxidation sites excluding steroid dienone is 1. The number of rotatable bonds is 4. The summed E-state index contributed by atoms with van der Waals surface area (Å²) in [5, 5.41) is -0.413. The van der Waals surface area contributed by atoms with Crippen molar-refractivity contribution in [3.8, 4) is 0 Å². The summed E-state index contributed by atoms with van der Waals surface area (Å²) >= 11 is 17.7. The molecule has 0 saturated heterocycles. The van der Waals surface area contributed by atoms with E-state index in [0.717, 1.165) is 16.9 Å². The van der Waals surface area contributed by atoms with Crippen molar-refractivity contribution in [1.29, 1.82) is 0 Å². The highest BCUT2D eigenvalue weighted by Crippen LogP contribution is 2.46. The lowest BCUT2D eigenvalue weighted by atomic mass is 9.83. The van der Waals surface area contributed by atoms with Gasteiger partial charge in [0.05, 0.1) is 10.7 Å². The number of nitrogen functional groups attached to an aromatic ring is 1. The number of benzene rings is 1. The van der Waals surface area contributed by atoms with Gasteiger partial charge >= 0.3 is 5.97 Å². The lowest BCUT2D eigenvalue weighted by Crippen LogP contribution is -2.25. The zero-order chi connectivity index (χ0) is 21.5. The molecule has 2 heterocycles. The van der Waals surface area contributed by atoms with Crippen LogP contribution in [0.5, 0.6) is 0 Å². The van der Waals surface area contributed by atoms with Crippen LogP contribution in [-0.4, -0.2) is 30.4 Å². The molecule has 0 saturated carbocycles. The predicted octanol–water partition coefficient (Wildman–Crippen LogP) is 4.66. The number of carbonyl (C=O) groups is 2. The van der Waals surface area contributed by atoms with Crippen LogP contribution in [0.15, 0.2) is 36.0 Å². The molecule has 0 bridgehead atoms. The molecule has 0 spiro atoms. The van der Waals surface area contributed by atoms with Crippen LogP contribution < -0.4 is 10.6 Å². The van der Waals surface area contributed by atoms with E-state index in [1.165, 1.54) is 6.08 Å². The average molecular weight is 455 g/mol. The maximum absolute atomic E-state index is 12.5. The summed E-state index contributed by atoms with van der Waals surface area (Å²) in [5.74, 6) is -1.31. The smallest absolute Gasteiger partial charge is 0.359 e. The predicted molar refractivity (Wildman–Crippen MR) is 115 cm³/mol. The summed E-state index contributed by atoms with van der Waals surface area (Å²) in [5.41, 5.74) is 7.88. The Kier molecular flexibility index (Phi) is 5.81. The van der Waals surface area contributed by atoms with Gasteiger partial charge in [-0.3, -0.25) is 4.79 Å². The Morgan fingerprint density at radius 1 is 1.21 bits per heavy atom. The van der Waals surface area contributed by atoms with E-state index in [-0.39, 0.29) is 37.8 Å². The minimum absolute atomic E-state index is 0.0555. The molecule has 9 heteroatoms. The maximum atomic E-state index is 12.5. The highest BCUT2D eigenvalue weighted by Gasteiger charge is 2.38. The summed E-state index contributed by atoms with van der Waals surface area (Å²) in [6, 6.07) is 7.92.